The maximum Gasteiger partial charge on any atom is 0.306 e. The number of rotatable bonds is 4. The minimum absolute atomic E-state index is 0.194. The van der Waals surface area contributed by atoms with E-state index in [1.54, 1.807) is 12.1 Å². The number of fused-ring (bicyclic) bond motifs is 1. The normalized spacial score (nSPS) is 11.6. The maximum absolute atomic E-state index is 11.2. The van der Waals surface area contributed by atoms with E-state index in [9.17, 15) is 8.42 Å². The molecule has 0 atom stereocenters. The summed E-state index contributed by atoms with van der Waals surface area (Å²) in [6.07, 6.45) is 0.995. The third kappa shape index (κ3) is 3.29. The molecule has 0 bridgehead atoms. The van der Waals surface area contributed by atoms with E-state index in [2.05, 4.69) is 9.97 Å². The molecule has 0 fully saturated rings. The van der Waals surface area contributed by atoms with Crippen molar-refractivity contribution in [3.05, 3.63) is 42.0 Å². The van der Waals surface area contributed by atoms with Gasteiger partial charge in [0, 0.05) is 6.07 Å². The molecule has 0 unspecified atom stereocenters. The molecule has 0 spiro atoms. The fourth-order valence-corrected chi connectivity index (χ4v) is 2.80. The highest BCUT2D eigenvalue weighted by molar-refractivity contribution is 7.86. The Kier molecular flexibility index (Phi) is 3.73. The molecule has 120 valence electrons. The molecule has 1 N–H and O–H groups in total. The van der Waals surface area contributed by atoms with Crippen LogP contribution in [0.15, 0.2) is 36.4 Å². The molecule has 0 radical (unpaired) electrons. The fraction of sp³-hybridized carbons (Fsp3) is 0.188. The van der Waals surface area contributed by atoms with Crippen molar-refractivity contribution >= 4 is 21.2 Å². The molecule has 1 heterocycles. The van der Waals surface area contributed by atoms with E-state index in [-0.39, 0.29) is 5.75 Å². The zero-order valence-corrected chi connectivity index (χ0v) is 13.8. The molecule has 6 nitrogen and oxygen atoms in total. The molecule has 0 aliphatic carbocycles. The van der Waals surface area contributed by atoms with Crippen LogP contribution < -0.4 is 8.92 Å². The van der Waals surface area contributed by atoms with Gasteiger partial charge in [-0.15, -0.1) is 0 Å². The molecule has 0 aliphatic heterocycles. The lowest BCUT2D eigenvalue weighted by atomic mass is 10.2. The van der Waals surface area contributed by atoms with Gasteiger partial charge in [0.25, 0.3) is 0 Å². The summed E-state index contributed by atoms with van der Waals surface area (Å²) in [6, 6.07) is 10.8. The molecule has 23 heavy (non-hydrogen) atoms. The first kappa shape index (κ1) is 15.4. The lowest BCUT2D eigenvalue weighted by molar-refractivity contribution is 0.413. The van der Waals surface area contributed by atoms with Gasteiger partial charge in [-0.3, -0.25) is 0 Å². The largest absolute Gasteiger partial charge is 0.496 e. The van der Waals surface area contributed by atoms with Crippen LogP contribution in [0, 0.1) is 6.92 Å². The van der Waals surface area contributed by atoms with Crippen LogP contribution in [0.5, 0.6) is 11.5 Å². The molecule has 3 rings (SSSR count). The second-order valence-corrected chi connectivity index (χ2v) is 6.83. The van der Waals surface area contributed by atoms with E-state index in [4.69, 9.17) is 8.92 Å². The summed E-state index contributed by atoms with van der Waals surface area (Å²) >= 11 is 0. The summed E-state index contributed by atoms with van der Waals surface area (Å²) in [6.45, 7) is 2.01. The summed E-state index contributed by atoms with van der Waals surface area (Å²) in [5.41, 5.74) is 3.64. The van der Waals surface area contributed by atoms with Gasteiger partial charge >= 0.3 is 10.1 Å². The van der Waals surface area contributed by atoms with E-state index in [1.165, 1.54) is 13.2 Å². The third-order valence-electron chi connectivity index (χ3n) is 3.31. The number of nitrogens with one attached hydrogen (secondary N) is 1. The van der Waals surface area contributed by atoms with Crippen LogP contribution in [-0.2, 0) is 10.1 Å². The van der Waals surface area contributed by atoms with Gasteiger partial charge in [-0.05, 0) is 36.8 Å². The number of aromatic amines is 1. The molecule has 3 aromatic rings. The first-order valence-electron chi connectivity index (χ1n) is 6.90. The predicted octanol–water partition coefficient (Wildman–Crippen LogP) is 2.89. The SMILES string of the molecule is COc1cc(OS(C)(=O)=O)ccc1-c1nc2ccc(C)cc2[nH]1. The molecular weight excluding hydrogens is 316 g/mol. The van der Waals surface area contributed by atoms with Crippen LogP contribution in [0.2, 0.25) is 0 Å². The van der Waals surface area contributed by atoms with Crippen molar-refractivity contribution in [2.45, 2.75) is 6.92 Å². The molecular formula is C16H16N2O4S. The van der Waals surface area contributed by atoms with Gasteiger partial charge in [0.15, 0.2) is 0 Å². The van der Waals surface area contributed by atoms with Crippen LogP contribution in [-0.4, -0.2) is 31.8 Å². The summed E-state index contributed by atoms with van der Waals surface area (Å²) in [4.78, 5) is 7.79. The first-order chi connectivity index (χ1) is 10.9. The van der Waals surface area contributed by atoms with Crippen LogP contribution >= 0.6 is 0 Å². The van der Waals surface area contributed by atoms with E-state index in [1.807, 2.05) is 25.1 Å². The number of ether oxygens (including phenoxy) is 1. The van der Waals surface area contributed by atoms with Crippen molar-refractivity contribution in [1.82, 2.24) is 9.97 Å². The number of methoxy groups -OCH3 is 1. The van der Waals surface area contributed by atoms with Gasteiger partial charge in [0.1, 0.15) is 17.3 Å². The predicted molar refractivity (Wildman–Crippen MR) is 88.3 cm³/mol. The number of H-pyrrole nitrogens is 1. The maximum atomic E-state index is 11.2. The van der Waals surface area contributed by atoms with E-state index < -0.39 is 10.1 Å². The first-order valence-corrected chi connectivity index (χ1v) is 8.71. The smallest absolute Gasteiger partial charge is 0.306 e. The lowest BCUT2D eigenvalue weighted by Crippen LogP contribution is -2.05. The number of nitrogens with zero attached hydrogens (tertiary/aromatic N) is 1. The number of aromatic nitrogens is 2. The quantitative estimate of drug-likeness (QED) is 0.743. The van der Waals surface area contributed by atoms with Gasteiger partial charge in [0.2, 0.25) is 0 Å². The van der Waals surface area contributed by atoms with Crippen LogP contribution in [0.3, 0.4) is 0 Å². The Morgan fingerprint density at radius 1 is 1.13 bits per heavy atom. The second kappa shape index (κ2) is 5.58. The Morgan fingerprint density at radius 3 is 2.61 bits per heavy atom. The van der Waals surface area contributed by atoms with Gasteiger partial charge in [-0.2, -0.15) is 8.42 Å². The molecule has 2 aromatic carbocycles. The van der Waals surface area contributed by atoms with Gasteiger partial charge in [0.05, 0.1) is 30.0 Å². The lowest BCUT2D eigenvalue weighted by Gasteiger charge is -2.09. The highest BCUT2D eigenvalue weighted by Gasteiger charge is 2.14. The van der Waals surface area contributed by atoms with Gasteiger partial charge in [-0.1, -0.05) is 6.07 Å². The molecule has 0 amide bonds. The minimum Gasteiger partial charge on any atom is -0.496 e. The topological polar surface area (TPSA) is 81.3 Å². The summed E-state index contributed by atoms with van der Waals surface area (Å²) < 4.78 is 32.7. The van der Waals surface area contributed by atoms with Gasteiger partial charge < -0.3 is 13.9 Å². The summed E-state index contributed by atoms with van der Waals surface area (Å²) in [7, 11) is -2.07. The van der Waals surface area contributed by atoms with Crippen molar-refractivity contribution in [3.63, 3.8) is 0 Å². The van der Waals surface area contributed by atoms with Crippen molar-refractivity contribution in [2.24, 2.45) is 0 Å². The van der Waals surface area contributed by atoms with Crippen LogP contribution in [0.4, 0.5) is 0 Å². The van der Waals surface area contributed by atoms with Crippen molar-refractivity contribution < 1.29 is 17.3 Å². The van der Waals surface area contributed by atoms with E-state index in [0.717, 1.165) is 28.4 Å². The van der Waals surface area contributed by atoms with Crippen molar-refractivity contribution in [3.8, 4) is 22.9 Å². The zero-order valence-electron chi connectivity index (χ0n) is 13.0. The number of hydrogen-bond donors (Lipinski definition) is 1. The van der Waals surface area contributed by atoms with Gasteiger partial charge in [-0.25, -0.2) is 4.98 Å². The standard InChI is InChI=1S/C16H16N2O4S/c1-10-4-7-13-14(8-10)18-16(17-13)12-6-5-11(9-15(12)21-2)22-23(3,19)20/h4-9H,1-3H3,(H,17,18). The fourth-order valence-electron chi connectivity index (χ4n) is 2.34. The Hall–Kier alpha value is -2.54. The van der Waals surface area contributed by atoms with Crippen LogP contribution in [0.25, 0.3) is 22.4 Å². The Balaban J connectivity index is 2.07. The molecule has 7 heteroatoms. The third-order valence-corrected chi connectivity index (χ3v) is 3.81. The number of imidazole rings is 1. The van der Waals surface area contributed by atoms with Crippen molar-refractivity contribution in [2.75, 3.05) is 13.4 Å². The minimum atomic E-state index is -3.58. The number of benzene rings is 2. The van der Waals surface area contributed by atoms with E-state index >= 15 is 0 Å². The highest BCUT2D eigenvalue weighted by Crippen LogP contribution is 2.33. The Morgan fingerprint density at radius 2 is 1.91 bits per heavy atom. The summed E-state index contributed by atoms with van der Waals surface area (Å²) in [5.74, 6) is 1.32. The Bertz CT molecular complexity index is 977. The van der Waals surface area contributed by atoms with Crippen LogP contribution in [0.1, 0.15) is 5.56 Å². The number of hydrogen-bond acceptors (Lipinski definition) is 5. The molecule has 1 aromatic heterocycles. The zero-order chi connectivity index (χ0) is 16.6. The molecule has 0 saturated carbocycles. The monoisotopic (exact) mass is 332 g/mol. The molecule has 0 saturated heterocycles. The average Bonchev–Trinajstić information content (AvgIpc) is 2.88. The molecule has 0 aliphatic rings. The average molecular weight is 332 g/mol. The van der Waals surface area contributed by atoms with E-state index in [0.29, 0.717) is 11.6 Å². The number of aryl methyl sites for hydroxylation is 1. The highest BCUT2D eigenvalue weighted by atomic mass is 32.2. The summed E-state index contributed by atoms with van der Waals surface area (Å²) in [5, 5.41) is 0. The van der Waals surface area contributed by atoms with Crippen molar-refractivity contribution in [1.29, 1.82) is 0 Å². The Labute approximate surface area is 134 Å². The second-order valence-electron chi connectivity index (χ2n) is 5.26.